The Bertz CT molecular complexity index is 519. The first-order valence-electron chi connectivity index (χ1n) is 7.03. The normalized spacial score (nSPS) is 12.1. The fourth-order valence-corrected chi connectivity index (χ4v) is 3.81. The van der Waals surface area contributed by atoms with E-state index in [9.17, 15) is 0 Å². The molecule has 0 aliphatic heterocycles. The Hall–Kier alpha value is -1.67. The largest absolute Gasteiger partial charge is 0.248 e. The maximum absolute atomic E-state index is 5.03. The van der Waals surface area contributed by atoms with Gasteiger partial charge in [0.25, 0.3) is 0 Å². The predicted molar refractivity (Wildman–Crippen MR) is 88.1 cm³/mol. The molecule has 2 rings (SSSR count). The van der Waals surface area contributed by atoms with Gasteiger partial charge in [-0.25, -0.2) is 4.36 Å². The highest BCUT2D eigenvalue weighted by Gasteiger charge is 2.07. The Morgan fingerprint density at radius 3 is 1.90 bits per heavy atom. The molecular weight excluding hydrogens is 262 g/mol. The number of rotatable bonds is 6. The van der Waals surface area contributed by atoms with Crippen molar-refractivity contribution in [2.45, 2.75) is 35.6 Å². The summed E-state index contributed by atoms with van der Waals surface area (Å²) < 4.78 is 5.03. The summed E-state index contributed by atoms with van der Waals surface area (Å²) in [4.78, 5) is 2.53. The Labute approximate surface area is 124 Å². The lowest BCUT2D eigenvalue weighted by Crippen LogP contribution is -2.03. The molecule has 1 nitrogen and oxygen atoms in total. The average molecular weight is 283 g/mol. The summed E-state index contributed by atoms with van der Waals surface area (Å²) in [5, 5.41) is 0. The lowest BCUT2D eigenvalue weighted by molar-refractivity contribution is 0.713. The molecule has 0 aliphatic carbocycles. The molecule has 0 N–H and O–H groups in total. The molecule has 0 radical (unpaired) electrons. The Balaban J connectivity index is 2.44. The van der Waals surface area contributed by atoms with E-state index in [0.29, 0.717) is 0 Å². The molecule has 0 saturated heterocycles. The fourth-order valence-electron chi connectivity index (χ4n) is 2.00. The van der Waals surface area contributed by atoms with Gasteiger partial charge >= 0.3 is 0 Å². The van der Waals surface area contributed by atoms with Gasteiger partial charge in [0.15, 0.2) is 0 Å². The van der Waals surface area contributed by atoms with Gasteiger partial charge in [0.05, 0.1) is 6.04 Å². The van der Waals surface area contributed by atoms with Crippen LogP contribution in [0.1, 0.15) is 19.8 Å². The summed E-state index contributed by atoms with van der Waals surface area (Å²) in [6, 6.07) is 21.3. The minimum atomic E-state index is -0.229. The van der Waals surface area contributed by atoms with E-state index < -0.39 is 0 Å². The highest BCUT2D eigenvalue weighted by Crippen LogP contribution is 2.20. The van der Waals surface area contributed by atoms with Crippen molar-refractivity contribution in [1.82, 2.24) is 0 Å². The van der Waals surface area contributed by atoms with Crippen molar-refractivity contribution in [3.63, 3.8) is 0 Å². The monoisotopic (exact) mass is 283 g/mol. The maximum atomic E-state index is 5.03. The number of benzene rings is 2. The molecule has 104 valence electrons. The molecule has 0 bridgehead atoms. The number of nitrogens with zero attached hydrogens (tertiary/aromatic N) is 1. The van der Waals surface area contributed by atoms with Gasteiger partial charge in [-0.15, -0.1) is 6.58 Å². The molecular formula is C18H21NS. The van der Waals surface area contributed by atoms with E-state index in [2.05, 4.69) is 62.0 Å². The van der Waals surface area contributed by atoms with Crippen molar-refractivity contribution < 1.29 is 0 Å². The van der Waals surface area contributed by atoms with Crippen molar-refractivity contribution in [2.75, 3.05) is 0 Å². The van der Waals surface area contributed by atoms with E-state index in [0.717, 1.165) is 12.8 Å². The van der Waals surface area contributed by atoms with E-state index >= 15 is 0 Å². The first-order chi connectivity index (χ1) is 9.85. The van der Waals surface area contributed by atoms with Crippen LogP contribution < -0.4 is 0 Å². The molecule has 2 aromatic carbocycles. The molecule has 0 fully saturated rings. The molecule has 0 aromatic heterocycles. The van der Waals surface area contributed by atoms with E-state index in [1.54, 1.807) is 0 Å². The van der Waals surface area contributed by atoms with Crippen LogP contribution in [0.2, 0.25) is 0 Å². The molecule has 0 spiro atoms. The summed E-state index contributed by atoms with van der Waals surface area (Å²) in [5.41, 5.74) is 0. The van der Waals surface area contributed by atoms with Crippen LogP contribution in [-0.2, 0) is 10.7 Å². The number of hydrogen-bond acceptors (Lipinski definition) is 1. The van der Waals surface area contributed by atoms with Crippen LogP contribution in [-0.4, -0.2) is 6.04 Å². The molecule has 0 heterocycles. The predicted octanol–water partition coefficient (Wildman–Crippen LogP) is 5.26. The zero-order valence-electron chi connectivity index (χ0n) is 11.9. The van der Waals surface area contributed by atoms with Crippen LogP contribution in [0.5, 0.6) is 0 Å². The molecule has 1 atom stereocenters. The van der Waals surface area contributed by atoms with Crippen molar-refractivity contribution in [3.8, 4) is 0 Å². The Morgan fingerprint density at radius 2 is 1.50 bits per heavy atom. The highest BCUT2D eigenvalue weighted by atomic mass is 32.2. The minimum absolute atomic E-state index is 0.226. The zero-order chi connectivity index (χ0) is 14.2. The van der Waals surface area contributed by atoms with E-state index in [4.69, 9.17) is 4.36 Å². The van der Waals surface area contributed by atoms with E-state index in [-0.39, 0.29) is 16.7 Å². The van der Waals surface area contributed by atoms with Gasteiger partial charge in [-0.05, 0) is 41.4 Å². The van der Waals surface area contributed by atoms with Crippen molar-refractivity contribution in [2.24, 2.45) is 4.36 Å². The third kappa shape index (κ3) is 3.91. The Kier molecular flexibility index (Phi) is 5.75. The quantitative estimate of drug-likeness (QED) is 0.641. The smallest absolute Gasteiger partial charge is 0.0753 e. The Morgan fingerprint density at radius 1 is 1.00 bits per heavy atom. The van der Waals surface area contributed by atoms with Gasteiger partial charge in [-0.2, -0.15) is 0 Å². The fraction of sp³-hybridized carbons (Fsp3) is 0.222. The molecule has 0 saturated carbocycles. The third-order valence-electron chi connectivity index (χ3n) is 3.03. The van der Waals surface area contributed by atoms with E-state index in [1.807, 2.05) is 18.2 Å². The van der Waals surface area contributed by atoms with Gasteiger partial charge in [-0.3, -0.25) is 0 Å². The van der Waals surface area contributed by atoms with Crippen LogP contribution in [0, 0.1) is 0 Å². The third-order valence-corrected chi connectivity index (χ3v) is 4.95. The average Bonchev–Trinajstić information content (AvgIpc) is 2.53. The number of hydrogen-bond donors (Lipinski definition) is 0. The summed E-state index contributed by atoms with van der Waals surface area (Å²) in [6.45, 7) is 6.12. The van der Waals surface area contributed by atoms with Gasteiger partial charge in [0.2, 0.25) is 0 Å². The lowest BCUT2D eigenvalue weighted by Gasteiger charge is -2.13. The molecule has 2 heteroatoms. The molecule has 2 aromatic rings. The minimum Gasteiger partial charge on any atom is -0.248 e. The lowest BCUT2D eigenvalue weighted by atomic mass is 10.2. The second-order valence-corrected chi connectivity index (χ2v) is 6.33. The second-order valence-electron chi connectivity index (χ2n) is 4.61. The standard InChI is InChI=1S/C18H21NS/c1-3-11-16(4-2)19-20(17-12-7-5-8-13-17)18-14-9-6-10-15-18/h4-10,12-16H,2-3,11H2,1H3. The summed E-state index contributed by atoms with van der Waals surface area (Å²) in [6.07, 6.45) is 4.16. The van der Waals surface area contributed by atoms with Crippen molar-refractivity contribution >= 4 is 10.7 Å². The van der Waals surface area contributed by atoms with Gasteiger partial charge < -0.3 is 0 Å². The summed E-state index contributed by atoms with van der Waals surface area (Å²) in [7, 11) is -0.229. The van der Waals surface area contributed by atoms with Gasteiger partial charge in [0.1, 0.15) is 0 Å². The van der Waals surface area contributed by atoms with Crippen LogP contribution in [0.25, 0.3) is 0 Å². The first kappa shape index (κ1) is 14.7. The van der Waals surface area contributed by atoms with Crippen molar-refractivity contribution in [3.05, 3.63) is 73.3 Å². The summed E-state index contributed by atoms with van der Waals surface area (Å²) >= 11 is 0. The topological polar surface area (TPSA) is 12.4 Å². The molecule has 0 amide bonds. The molecule has 1 unspecified atom stereocenters. The SMILES string of the molecule is C=CC(CCC)N=S(c1ccccc1)c1ccccc1. The molecule has 0 aliphatic rings. The summed E-state index contributed by atoms with van der Waals surface area (Å²) in [5.74, 6) is 0. The zero-order valence-corrected chi connectivity index (χ0v) is 12.7. The highest BCUT2D eigenvalue weighted by molar-refractivity contribution is 7.87. The van der Waals surface area contributed by atoms with Gasteiger partial charge in [-0.1, -0.05) is 55.8 Å². The first-order valence-corrected chi connectivity index (χ1v) is 8.21. The maximum Gasteiger partial charge on any atom is 0.0753 e. The van der Waals surface area contributed by atoms with Crippen LogP contribution in [0.15, 0.2) is 87.5 Å². The van der Waals surface area contributed by atoms with Gasteiger partial charge in [0, 0.05) is 9.79 Å². The molecule has 20 heavy (non-hydrogen) atoms. The van der Waals surface area contributed by atoms with Crippen LogP contribution in [0.4, 0.5) is 0 Å². The second kappa shape index (κ2) is 7.81. The van der Waals surface area contributed by atoms with E-state index in [1.165, 1.54) is 9.79 Å². The van der Waals surface area contributed by atoms with Crippen LogP contribution >= 0.6 is 0 Å². The van der Waals surface area contributed by atoms with Crippen LogP contribution in [0.3, 0.4) is 0 Å². The van der Waals surface area contributed by atoms with Crippen molar-refractivity contribution in [1.29, 1.82) is 0 Å².